The number of rotatable bonds is 32. The van der Waals surface area contributed by atoms with E-state index in [1.54, 1.807) is 0 Å². The normalized spacial score (nSPS) is 14.9. The highest BCUT2D eigenvalue weighted by Crippen LogP contribution is 2.40. The molecule has 0 aromatic heterocycles. The van der Waals surface area contributed by atoms with Crippen LogP contribution in [0.3, 0.4) is 0 Å². The maximum absolute atomic E-state index is 6.80. The molecule has 3 aromatic carbocycles. The fourth-order valence-electron chi connectivity index (χ4n) is 6.62. The van der Waals surface area contributed by atoms with Crippen molar-refractivity contribution in [2.45, 2.75) is 115 Å². The Hall–Kier alpha value is -2.58. The average Bonchev–Trinajstić information content (AvgIpc) is 4.02. The number of hydrogen-bond acceptors (Lipinski definition) is 6. The second-order valence-electron chi connectivity index (χ2n) is 13.9. The largest absolute Gasteiger partial charge is 0.379 e. The summed E-state index contributed by atoms with van der Waals surface area (Å²) in [6.07, 6.45) is 19.2. The molecule has 4 rings (SSSR count). The van der Waals surface area contributed by atoms with Crippen LogP contribution in [0.5, 0.6) is 0 Å². The Bertz CT molecular complexity index is 1120. The lowest BCUT2D eigenvalue weighted by Crippen LogP contribution is -2.34. The lowest BCUT2D eigenvalue weighted by atomic mass is 9.80. The molecule has 0 radical (unpaired) electrons. The summed E-state index contributed by atoms with van der Waals surface area (Å²) in [4.78, 5) is 0. The van der Waals surface area contributed by atoms with Gasteiger partial charge in [0, 0.05) is 6.61 Å². The topological polar surface area (TPSA) is 58.7 Å². The number of ether oxygens (including phenoxy) is 6. The summed E-state index contributed by atoms with van der Waals surface area (Å²) < 4.78 is 36.2. The Morgan fingerprint density at radius 1 is 0.529 bits per heavy atom. The second kappa shape index (κ2) is 26.2. The molecule has 0 spiro atoms. The molecule has 6 heteroatoms. The fraction of sp³-hybridized carbons (Fsp3) is 0.600. The van der Waals surface area contributed by atoms with E-state index in [-0.39, 0.29) is 12.2 Å². The van der Waals surface area contributed by atoms with Crippen molar-refractivity contribution in [2.24, 2.45) is 0 Å². The third-order valence-corrected chi connectivity index (χ3v) is 9.63. The average molecular weight is 703 g/mol. The van der Waals surface area contributed by atoms with E-state index >= 15 is 0 Å². The molecule has 1 saturated heterocycles. The van der Waals surface area contributed by atoms with Crippen LogP contribution in [0.4, 0.5) is 0 Å². The Labute approximate surface area is 309 Å². The van der Waals surface area contributed by atoms with Crippen LogP contribution in [-0.4, -0.2) is 71.7 Å². The van der Waals surface area contributed by atoms with Crippen LogP contribution in [-0.2, 0) is 34.0 Å². The highest BCUT2D eigenvalue weighted by Gasteiger charge is 2.37. The number of unbranched alkanes of at least 4 members (excludes halogenated alkanes) is 13. The van der Waals surface area contributed by atoms with Crippen LogP contribution in [0, 0.1) is 0 Å². The van der Waals surface area contributed by atoms with E-state index in [1.807, 2.05) is 18.2 Å². The third-order valence-electron chi connectivity index (χ3n) is 9.63. The first kappa shape index (κ1) is 41.2. The Morgan fingerprint density at radius 2 is 0.941 bits per heavy atom. The zero-order valence-electron chi connectivity index (χ0n) is 31.5. The van der Waals surface area contributed by atoms with Crippen molar-refractivity contribution in [3.05, 3.63) is 108 Å². The number of hydrogen-bond donors (Lipinski definition) is 0. The molecular weight excluding hydrogens is 636 g/mol. The molecule has 51 heavy (non-hydrogen) atoms. The van der Waals surface area contributed by atoms with Crippen LogP contribution >= 0.6 is 0 Å². The molecule has 2 atom stereocenters. The summed E-state index contributed by atoms with van der Waals surface area (Å²) in [7, 11) is 0. The zero-order chi connectivity index (χ0) is 35.5. The minimum atomic E-state index is -0.744. The monoisotopic (exact) mass is 702 g/mol. The minimum absolute atomic E-state index is 0.104. The molecule has 1 aliphatic heterocycles. The van der Waals surface area contributed by atoms with Gasteiger partial charge in [0.2, 0.25) is 0 Å². The van der Waals surface area contributed by atoms with Gasteiger partial charge >= 0.3 is 0 Å². The van der Waals surface area contributed by atoms with Gasteiger partial charge in [0.1, 0.15) is 17.8 Å². The first-order valence-corrected chi connectivity index (χ1v) is 20.1. The van der Waals surface area contributed by atoms with E-state index in [0.717, 1.165) is 36.3 Å². The first-order valence-electron chi connectivity index (χ1n) is 20.1. The summed E-state index contributed by atoms with van der Waals surface area (Å²) in [5.74, 6) is 0. The molecule has 1 heterocycles. The van der Waals surface area contributed by atoms with Gasteiger partial charge in [-0.25, -0.2) is 0 Å². The van der Waals surface area contributed by atoms with Crippen LogP contribution in [0.15, 0.2) is 91.0 Å². The molecule has 0 aliphatic carbocycles. The van der Waals surface area contributed by atoms with Gasteiger partial charge in [0.25, 0.3) is 0 Å². The molecule has 2 unspecified atom stereocenters. The smallest absolute Gasteiger partial charge is 0.143 e. The van der Waals surface area contributed by atoms with Gasteiger partial charge in [-0.05, 0) is 23.1 Å². The van der Waals surface area contributed by atoms with Crippen molar-refractivity contribution in [3.63, 3.8) is 0 Å². The summed E-state index contributed by atoms with van der Waals surface area (Å²) in [6.45, 7) is 7.31. The Morgan fingerprint density at radius 3 is 1.41 bits per heavy atom. The molecule has 0 N–H and O–H groups in total. The van der Waals surface area contributed by atoms with Crippen LogP contribution in [0.25, 0.3) is 0 Å². The summed E-state index contributed by atoms with van der Waals surface area (Å²) in [5.41, 5.74) is 2.51. The molecule has 3 aromatic rings. The maximum atomic E-state index is 6.80. The van der Waals surface area contributed by atoms with Crippen molar-refractivity contribution in [1.82, 2.24) is 0 Å². The van der Waals surface area contributed by atoms with Crippen molar-refractivity contribution < 1.29 is 28.4 Å². The predicted octanol–water partition coefficient (Wildman–Crippen LogP) is 10.3. The highest BCUT2D eigenvalue weighted by atomic mass is 16.6. The molecule has 0 amide bonds. The standard InChI is InChI=1S/C45H66O6/c1-2-3-4-5-6-7-8-9-10-11-12-13-14-24-31-47-36-43(49-38-44-39-50-44)37-48-33-32-46-34-35-51-45(40-25-18-15-19-26-40,41-27-20-16-21-28-41)42-29-22-17-23-30-42/h15-23,25-30,43-44H,2-14,24,31-39H2,1H3. The Kier molecular flexibility index (Phi) is 21.2. The van der Waals surface area contributed by atoms with E-state index in [4.69, 9.17) is 28.4 Å². The van der Waals surface area contributed by atoms with Gasteiger partial charge in [0.15, 0.2) is 0 Å². The molecule has 1 aliphatic rings. The van der Waals surface area contributed by atoms with Crippen molar-refractivity contribution in [2.75, 3.05) is 59.5 Å². The molecule has 0 saturated carbocycles. The second-order valence-corrected chi connectivity index (χ2v) is 13.9. The molecule has 6 nitrogen and oxygen atoms in total. The quantitative estimate of drug-likeness (QED) is 0.0367. The fourth-order valence-corrected chi connectivity index (χ4v) is 6.62. The van der Waals surface area contributed by atoms with E-state index in [2.05, 4.69) is 79.7 Å². The summed E-state index contributed by atoms with van der Waals surface area (Å²) in [6, 6.07) is 31.3. The minimum Gasteiger partial charge on any atom is -0.379 e. The van der Waals surface area contributed by atoms with Crippen molar-refractivity contribution in [3.8, 4) is 0 Å². The van der Waals surface area contributed by atoms with E-state index in [1.165, 1.54) is 83.5 Å². The lowest BCUT2D eigenvalue weighted by molar-refractivity contribution is -0.0744. The highest BCUT2D eigenvalue weighted by molar-refractivity contribution is 5.47. The van der Waals surface area contributed by atoms with Gasteiger partial charge < -0.3 is 28.4 Å². The first-order chi connectivity index (χ1) is 25.3. The van der Waals surface area contributed by atoms with Gasteiger partial charge in [-0.2, -0.15) is 0 Å². The van der Waals surface area contributed by atoms with E-state index in [0.29, 0.717) is 46.2 Å². The van der Waals surface area contributed by atoms with E-state index < -0.39 is 5.60 Å². The van der Waals surface area contributed by atoms with Gasteiger partial charge in [-0.15, -0.1) is 0 Å². The lowest BCUT2D eigenvalue weighted by Gasteiger charge is -2.36. The van der Waals surface area contributed by atoms with Gasteiger partial charge in [0.05, 0.1) is 52.9 Å². The third kappa shape index (κ3) is 16.3. The number of epoxide rings is 1. The SMILES string of the molecule is CCCCCCCCCCCCCCCCOCC(COCCOCCOC(c1ccccc1)(c1ccccc1)c1ccccc1)OCC1CO1. The van der Waals surface area contributed by atoms with Crippen LogP contribution in [0.2, 0.25) is 0 Å². The van der Waals surface area contributed by atoms with E-state index in [9.17, 15) is 0 Å². The van der Waals surface area contributed by atoms with Gasteiger partial charge in [-0.3, -0.25) is 0 Å². The maximum Gasteiger partial charge on any atom is 0.143 e. The Balaban J connectivity index is 1.07. The number of benzene rings is 3. The van der Waals surface area contributed by atoms with Crippen LogP contribution < -0.4 is 0 Å². The van der Waals surface area contributed by atoms with Crippen LogP contribution in [0.1, 0.15) is 114 Å². The zero-order valence-corrected chi connectivity index (χ0v) is 31.5. The summed E-state index contributed by atoms with van der Waals surface area (Å²) >= 11 is 0. The van der Waals surface area contributed by atoms with Crippen molar-refractivity contribution >= 4 is 0 Å². The molecule has 0 bridgehead atoms. The molecule has 1 fully saturated rings. The molecular formula is C45H66O6. The van der Waals surface area contributed by atoms with Gasteiger partial charge in [-0.1, -0.05) is 181 Å². The van der Waals surface area contributed by atoms with Crippen molar-refractivity contribution in [1.29, 1.82) is 0 Å². The predicted molar refractivity (Wildman–Crippen MR) is 207 cm³/mol. The summed E-state index contributed by atoms with van der Waals surface area (Å²) in [5, 5.41) is 0. The molecule has 282 valence electrons.